The minimum absolute atomic E-state index is 0.0588. The Morgan fingerprint density at radius 1 is 1.31 bits per heavy atom. The number of halogens is 1. The highest BCUT2D eigenvalue weighted by Gasteiger charge is 2.53. The van der Waals surface area contributed by atoms with Crippen LogP contribution in [-0.4, -0.2) is 57.0 Å². The Labute approximate surface area is 149 Å². The van der Waals surface area contributed by atoms with Crippen molar-refractivity contribution in [1.29, 1.82) is 0 Å². The molecule has 2 aromatic rings. The molecule has 4 rings (SSSR count). The van der Waals surface area contributed by atoms with Crippen molar-refractivity contribution in [1.82, 2.24) is 24.8 Å². The largest absolute Gasteiger partial charge is 0.467 e. The first-order chi connectivity index (χ1) is 12.6. The van der Waals surface area contributed by atoms with E-state index in [0.717, 1.165) is 19.3 Å². The van der Waals surface area contributed by atoms with E-state index in [1.807, 2.05) is 0 Å². The molecule has 0 aromatic carbocycles. The van der Waals surface area contributed by atoms with Crippen LogP contribution in [0.15, 0.2) is 24.7 Å². The van der Waals surface area contributed by atoms with Gasteiger partial charge in [-0.1, -0.05) is 6.42 Å². The van der Waals surface area contributed by atoms with Gasteiger partial charge in [-0.15, -0.1) is 0 Å². The molecule has 0 radical (unpaired) electrons. The first kappa shape index (κ1) is 16.6. The van der Waals surface area contributed by atoms with E-state index in [0.29, 0.717) is 18.8 Å². The minimum atomic E-state index is -0.602. The molecule has 1 aliphatic carbocycles. The summed E-state index contributed by atoms with van der Waals surface area (Å²) in [6, 6.07) is 1.82. The molecule has 3 heterocycles. The molecule has 1 spiro atoms. The van der Waals surface area contributed by atoms with Crippen LogP contribution in [0.2, 0.25) is 0 Å². The molecule has 1 aliphatic heterocycles. The highest BCUT2D eigenvalue weighted by Crippen LogP contribution is 2.47. The van der Waals surface area contributed by atoms with Crippen LogP contribution < -0.4 is 10.1 Å². The first-order valence-corrected chi connectivity index (χ1v) is 8.51. The van der Waals surface area contributed by atoms with Crippen molar-refractivity contribution in [3.63, 3.8) is 0 Å². The zero-order valence-electron chi connectivity index (χ0n) is 14.4. The lowest BCUT2D eigenvalue weighted by molar-refractivity contribution is 0.00385. The number of likely N-dealkylation sites (tertiary alicyclic amines) is 1. The number of rotatable bonds is 4. The van der Waals surface area contributed by atoms with Gasteiger partial charge in [0.25, 0.3) is 11.9 Å². The summed E-state index contributed by atoms with van der Waals surface area (Å²) >= 11 is 0. The first-order valence-electron chi connectivity index (χ1n) is 8.51. The van der Waals surface area contributed by atoms with E-state index < -0.39 is 5.95 Å². The normalized spacial score (nSPS) is 20.7. The maximum atomic E-state index is 13.8. The Hall–Kier alpha value is -2.84. The van der Waals surface area contributed by atoms with Gasteiger partial charge in [-0.25, -0.2) is 15.0 Å². The maximum Gasteiger partial charge on any atom is 0.316 e. The Kier molecular flexibility index (Phi) is 4.14. The lowest BCUT2D eigenvalue weighted by Gasteiger charge is -2.51. The van der Waals surface area contributed by atoms with E-state index in [1.54, 1.807) is 11.0 Å². The van der Waals surface area contributed by atoms with E-state index in [-0.39, 0.29) is 29.2 Å². The zero-order chi connectivity index (χ0) is 18.1. The van der Waals surface area contributed by atoms with E-state index in [9.17, 15) is 9.18 Å². The third-order valence-corrected chi connectivity index (χ3v) is 5.21. The third kappa shape index (κ3) is 2.83. The summed E-state index contributed by atoms with van der Waals surface area (Å²) in [6.45, 7) is 1.22. The van der Waals surface area contributed by atoms with Crippen LogP contribution in [0.3, 0.4) is 0 Å². The summed E-state index contributed by atoms with van der Waals surface area (Å²) in [5, 5.41) is 3.19. The van der Waals surface area contributed by atoms with E-state index in [2.05, 4.69) is 25.3 Å². The van der Waals surface area contributed by atoms with Gasteiger partial charge < -0.3 is 15.0 Å². The molecular weight excluding hydrogens is 339 g/mol. The highest BCUT2D eigenvalue weighted by molar-refractivity contribution is 5.93. The van der Waals surface area contributed by atoms with E-state index in [1.165, 1.54) is 25.7 Å². The maximum absolute atomic E-state index is 13.8. The fourth-order valence-electron chi connectivity index (χ4n) is 3.90. The Bertz CT molecular complexity index is 826. The summed E-state index contributed by atoms with van der Waals surface area (Å²) in [6.07, 6.45) is 7.23. The van der Waals surface area contributed by atoms with Crippen LogP contribution in [-0.2, 0) is 0 Å². The fourth-order valence-corrected chi connectivity index (χ4v) is 3.90. The number of aromatic nitrogens is 4. The van der Waals surface area contributed by atoms with Gasteiger partial charge in [0.2, 0.25) is 0 Å². The highest BCUT2D eigenvalue weighted by atomic mass is 19.1. The van der Waals surface area contributed by atoms with Gasteiger partial charge in [-0.05, 0) is 18.9 Å². The van der Waals surface area contributed by atoms with Crippen LogP contribution >= 0.6 is 0 Å². The summed E-state index contributed by atoms with van der Waals surface area (Å²) in [5.41, 5.74) is 0.255. The predicted molar refractivity (Wildman–Crippen MR) is 90.2 cm³/mol. The molecule has 2 aromatic heterocycles. The number of nitrogens with one attached hydrogen (secondary N) is 1. The summed E-state index contributed by atoms with van der Waals surface area (Å²) < 4.78 is 18.8. The number of hydrogen-bond acceptors (Lipinski definition) is 7. The minimum Gasteiger partial charge on any atom is -0.467 e. The number of amides is 1. The van der Waals surface area contributed by atoms with Crippen molar-refractivity contribution in [3.05, 3.63) is 36.3 Å². The second-order valence-electron chi connectivity index (χ2n) is 6.74. The molecule has 8 nitrogen and oxygen atoms in total. The topological polar surface area (TPSA) is 93.1 Å². The van der Waals surface area contributed by atoms with Crippen molar-refractivity contribution >= 4 is 11.7 Å². The molecule has 26 heavy (non-hydrogen) atoms. The summed E-state index contributed by atoms with van der Waals surface area (Å²) in [4.78, 5) is 30.1. The summed E-state index contributed by atoms with van der Waals surface area (Å²) in [5.74, 6) is -0.577. The van der Waals surface area contributed by atoms with Gasteiger partial charge >= 0.3 is 6.01 Å². The number of anilines is 1. The lowest BCUT2D eigenvalue weighted by atomic mass is 9.75. The fraction of sp³-hybridized carbons (Fsp3) is 0.471. The molecule has 1 amide bonds. The molecule has 0 bridgehead atoms. The molecular formula is C17H19FN6O2. The van der Waals surface area contributed by atoms with Crippen molar-refractivity contribution < 1.29 is 13.9 Å². The Morgan fingerprint density at radius 3 is 2.88 bits per heavy atom. The molecule has 2 aliphatic rings. The number of carbonyl (C=O) groups is 1. The molecule has 1 N–H and O–H groups in total. The van der Waals surface area contributed by atoms with Crippen LogP contribution in [0.4, 0.5) is 10.2 Å². The average molecular weight is 358 g/mol. The van der Waals surface area contributed by atoms with Crippen molar-refractivity contribution in [2.45, 2.75) is 25.3 Å². The Balaban J connectivity index is 1.45. The Morgan fingerprint density at radius 2 is 2.12 bits per heavy atom. The number of ether oxygens (including phenoxy) is 1. The van der Waals surface area contributed by atoms with Gasteiger partial charge in [0.05, 0.1) is 7.11 Å². The third-order valence-electron chi connectivity index (χ3n) is 5.21. The molecule has 1 saturated heterocycles. The van der Waals surface area contributed by atoms with Crippen LogP contribution in [0, 0.1) is 11.4 Å². The van der Waals surface area contributed by atoms with Crippen LogP contribution in [0.25, 0.3) is 0 Å². The monoisotopic (exact) mass is 358 g/mol. The van der Waals surface area contributed by atoms with Crippen LogP contribution in [0.5, 0.6) is 6.01 Å². The van der Waals surface area contributed by atoms with Crippen molar-refractivity contribution in [2.75, 3.05) is 25.5 Å². The predicted octanol–water partition coefficient (Wildman–Crippen LogP) is 1.52. The van der Waals surface area contributed by atoms with Gasteiger partial charge in [-0.2, -0.15) is 9.37 Å². The molecule has 1 unspecified atom stereocenters. The van der Waals surface area contributed by atoms with Gasteiger partial charge in [0.1, 0.15) is 5.69 Å². The van der Waals surface area contributed by atoms with Gasteiger partial charge in [0, 0.05) is 43.1 Å². The second kappa shape index (κ2) is 6.47. The molecule has 136 valence electrons. The number of methoxy groups -OCH3 is 1. The average Bonchev–Trinajstić information content (AvgIpc) is 3.05. The molecule has 1 atom stereocenters. The lowest BCUT2D eigenvalue weighted by Crippen LogP contribution is -2.63. The molecule has 2 fully saturated rings. The smallest absolute Gasteiger partial charge is 0.316 e. The van der Waals surface area contributed by atoms with Crippen molar-refractivity contribution in [3.8, 4) is 6.01 Å². The second-order valence-corrected chi connectivity index (χ2v) is 6.74. The van der Waals surface area contributed by atoms with Gasteiger partial charge in [-0.3, -0.25) is 4.79 Å². The quantitative estimate of drug-likeness (QED) is 0.886. The van der Waals surface area contributed by atoms with E-state index in [4.69, 9.17) is 4.74 Å². The number of carbonyl (C=O) groups excluding carboxylic acids is 1. The van der Waals surface area contributed by atoms with Gasteiger partial charge in [0.15, 0.2) is 5.82 Å². The number of hydrogen-bond donors (Lipinski definition) is 1. The molecule has 9 heteroatoms. The van der Waals surface area contributed by atoms with Crippen molar-refractivity contribution in [2.24, 2.45) is 5.41 Å². The van der Waals surface area contributed by atoms with E-state index >= 15 is 0 Å². The summed E-state index contributed by atoms with van der Waals surface area (Å²) in [7, 11) is 1.46. The SMILES string of the molecule is COc1nccc(C(=O)N2CC3(CCCC3Nc3nccnc3F)C2)n1. The zero-order valence-corrected chi connectivity index (χ0v) is 14.4. The number of nitrogens with zero attached hydrogens (tertiary/aromatic N) is 5. The standard InChI is InChI=1S/C17H19FN6O2/c1-26-16-21-6-4-11(22-16)15(25)24-9-17(10-24)5-2-3-12(17)23-14-13(18)19-7-8-20-14/h4,6-8,12H,2-3,5,9-10H2,1H3,(H,20,23). The van der Waals surface area contributed by atoms with Crippen LogP contribution in [0.1, 0.15) is 29.8 Å². The molecule has 1 saturated carbocycles.